The monoisotopic (exact) mass is 664 g/mol. The van der Waals surface area contributed by atoms with Gasteiger partial charge < -0.3 is 57.3 Å². The molecule has 0 saturated heterocycles. The Kier molecular flexibility index (Phi) is 46.2. The molecule has 0 spiro atoms. The van der Waals surface area contributed by atoms with Crippen molar-refractivity contribution in [2.24, 2.45) is 0 Å². The molecule has 0 heterocycles. The molecule has 0 saturated carbocycles. The number of unbranched alkanes of at least 4 members (excludes halogenated alkanes) is 9. The van der Waals surface area contributed by atoms with Crippen LogP contribution in [0.5, 0.6) is 0 Å². The third-order valence-electron chi connectivity index (χ3n) is 6.07. The molecular weight excluding hydrogens is 603 g/mol. The van der Waals surface area contributed by atoms with Crippen molar-refractivity contribution in [2.45, 2.75) is 71.1 Å². The van der Waals surface area contributed by atoms with Crippen molar-refractivity contribution in [3.63, 3.8) is 0 Å². The minimum Gasteiger partial charge on any atom is -0.547 e. The molecular formula is C31H61KO12. The maximum absolute atomic E-state index is 10.0. The van der Waals surface area contributed by atoms with E-state index < -0.39 is 6.16 Å². The van der Waals surface area contributed by atoms with Gasteiger partial charge in [-0.2, -0.15) is 0 Å². The summed E-state index contributed by atoms with van der Waals surface area (Å²) >= 11 is 0. The van der Waals surface area contributed by atoms with Gasteiger partial charge in [-0.15, -0.1) is 0 Å². The van der Waals surface area contributed by atoms with Gasteiger partial charge in [0.1, 0.15) is 0 Å². The molecule has 13 heteroatoms. The average Bonchev–Trinajstić information content (AvgIpc) is 3.00. The van der Waals surface area contributed by atoms with E-state index in [2.05, 4.69) is 11.7 Å². The molecule has 0 rings (SSSR count). The van der Waals surface area contributed by atoms with Crippen LogP contribution in [-0.2, 0) is 47.4 Å². The number of hydrogen-bond donors (Lipinski definition) is 0. The van der Waals surface area contributed by atoms with Gasteiger partial charge >= 0.3 is 51.4 Å². The third kappa shape index (κ3) is 44.7. The second-order valence-corrected chi connectivity index (χ2v) is 9.79. The average molecular weight is 665 g/mol. The van der Waals surface area contributed by atoms with E-state index in [4.69, 9.17) is 42.6 Å². The molecule has 0 fully saturated rings. The fourth-order valence-corrected chi connectivity index (χ4v) is 3.74. The Morgan fingerprint density at radius 1 is 0.364 bits per heavy atom. The molecule has 0 aromatic heterocycles. The van der Waals surface area contributed by atoms with Gasteiger partial charge in [-0.05, 0) is 6.42 Å². The summed E-state index contributed by atoms with van der Waals surface area (Å²) in [6.07, 6.45) is 11.8. The molecule has 0 bridgehead atoms. The minimum atomic E-state index is -1.56. The van der Waals surface area contributed by atoms with Crippen LogP contribution in [0.3, 0.4) is 0 Å². The van der Waals surface area contributed by atoms with Gasteiger partial charge in [0.05, 0.1) is 119 Å². The summed E-state index contributed by atoms with van der Waals surface area (Å²) in [4.78, 5) is 10.0. The predicted octanol–water partition coefficient (Wildman–Crippen LogP) is 0.421. The van der Waals surface area contributed by atoms with E-state index in [-0.39, 0.29) is 64.6 Å². The van der Waals surface area contributed by atoms with Crippen molar-refractivity contribution >= 4 is 6.16 Å². The van der Waals surface area contributed by atoms with E-state index in [9.17, 15) is 9.90 Å². The van der Waals surface area contributed by atoms with Crippen LogP contribution in [0.25, 0.3) is 0 Å². The first kappa shape index (κ1) is 46.7. The second-order valence-electron chi connectivity index (χ2n) is 9.79. The zero-order valence-electron chi connectivity index (χ0n) is 27.9. The Labute approximate surface area is 309 Å². The Bertz CT molecular complexity index is 534. The van der Waals surface area contributed by atoms with Crippen molar-refractivity contribution in [2.75, 3.05) is 126 Å². The molecule has 0 aromatic carbocycles. The molecule has 0 radical (unpaired) electrons. The van der Waals surface area contributed by atoms with Crippen molar-refractivity contribution in [1.82, 2.24) is 0 Å². The number of carbonyl (C=O) groups excluding carboxylic acids is 1. The number of rotatable bonds is 38. The van der Waals surface area contributed by atoms with E-state index in [0.29, 0.717) is 106 Å². The Balaban J connectivity index is 0. The molecule has 0 aliphatic heterocycles. The number of hydrogen-bond acceptors (Lipinski definition) is 12. The van der Waals surface area contributed by atoms with Gasteiger partial charge in [-0.1, -0.05) is 64.7 Å². The van der Waals surface area contributed by atoms with Gasteiger partial charge in [0.25, 0.3) is 6.16 Å². The van der Waals surface area contributed by atoms with Gasteiger partial charge in [0.15, 0.2) is 0 Å². The summed E-state index contributed by atoms with van der Waals surface area (Å²) in [5, 5.41) is 10.0. The van der Waals surface area contributed by atoms with Gasteiger partial charge in [-0.25, -0.2) is 0 Å². The van der Waals surface area contributed by atoms with E-state index in [1.165, 1.54) is 57.8 Å². The van der Waals surface area contributed by atoms with Gasteiger partial charge in [-0.3, -0.25) is 0 Å². The van der Waals surface area contributed by atoms with Crippen molar-refractivity contribution < 1.29 is 109 Å². The first-order valence-electron chi connectivity index (χ1n) is 16.3. The fraction of sp³-hybridized carbons (Fsp3) is 0.968. The van der Waals surface area contributed by atoms with Crippen molar-refractivity contribution in [3.05, 3.63) is 0 Å². The number of ether oxygens (including phenoxy) is 10. The topological polar surface area (TPSA) is 132 Å². The van der Waals surface area contributed by atoms with E-state index >= 15 is 0 Å². The zero-order valence-corrected chi connectivity index (χ0v) is 31.0. The SMILES string of the molecule is CCCCCCCCCCCCOCCOCCOCCOCCOCCOCCOCCOCCOCCOC(=O)[O-].[K+]. The molecule has 0 N–H and O–H groups in total. The van der Waals surface area contributed by atoms with Crippen LogP contribution in [0.1, 0.15) is 71.1 Å². The molecule has 0 unspecified atom stereocenters. The van der Waals surface area contributed by atoms with E-state index in [1.54, 1.807) is 0 Å². The van der Waals surface area contributed by atoms with Crippen LogP contribution in [0.15, 0.2) is 0 Å². The first-order valence-corrected chi connectivity index (χ1v) is 16.3. The van der Waals surface area contributed by atoms with E-state index in [0.717, 1.165) is 13.0 Å². The van der Waals surface area contributed by atoms with Crippen molar-refractivity contribution in [1.29, 1.82) is 0 Å². The quantitative estimate of drug-likeness (QED) is 0.0515. The summed E-state index contributed by atoms with van der Waals surface area (Å²) in [5.41, 5.74) is 0. The molecule has 44 heavy (non-hydrogen) atoms. The Morgan fingerprint density at radius 2 is 0.591 bits per heavy atom. The maximum atomic E-state index is 10.0. The summed E-state index contributed by atoms with van der Waals surface area (Å²) in [5.74, 6) is 0. The molecule has 0 amide bonds. The van der Waals surface area contributed by atoms with Crippen LogP contribution >= 0.6 is 0 Å². The minimum absolute atomic E-state index is 0. The summed E-state index contributed by atoms with van der Waals surface area (Å²) < 4.78 is 53.1. The van der Waals surface area contributed by atoms with Crippen LogP contribution in [0.4, 0.5) is 4.79 Å². The fourth-order valence-electron chi connectivity index (χ4n) is 3.74. The summed E-state index contributed by atoms with van der Waals surface area (Å²) in [7, 11) is 0. The molecule has 0 aromatic rings. The number of carboxylic acid groups (broad SMARTS) is 1. The van der Waals surface area contributed by atoms with Gasteiger partial charge in [0.2, 0.25) is 0 Å². The molecule has 258 valence electrons. The normalized spacial score (nSPS) is 11.1. The Hall–Kier alpha value is 0.546. The van der Waals surface area contributed by atoms with Crippen LogP contribution in [-0.4, -0.2) is 132 Å². The standard InChI is InChI=1S/C31H62O12.K/c1-2-3-4-5-6-7-8-9-10-11-12-34-13-14-35-15-16-36-17-18-37-19-20-38-21-22-39-23-24-40-25-26-41-27-28-42-29-30-43-31(32)33;/h2-30H2,1H3,(H,32,33);/q;+1/p-1. The maximum Gasteiger partial charge on any atom is 1.00 e. The second kappa shape index (κ2) is 43.5. The molecule has 0 atom stereocenters. The number of carbonyl (C=O) groups is 1. The van der Waals surface area contributed by atoms with E-state index in [1.807, 2.05) is 0 Å². The first-order chi connectivity index (χ1) is 21.3. The largest absolute Gasteiger partial charge is 1.00 e. The summed E-state index contributed by atoms with van der Waals surface area (Å²) in [6, 6.07) is 0. The van der Waals surface area contributed by atoms with Crippen LogP contribution in [0, 0.1) is 0 Å². The Morgan fingerprint density at radius 3 is 0.864 bits per heavy atom. The molecule has 0 aliphatic rings. The summed E-state index contributed by atoms with van der Waals surface area (Å²) in [6.45, 7) is 11.2. The predicted molar refractivity (Wildman–Crippen MR) is 161 cm³/mol. The zero-order chi connectivity index (χ0) is 31.2. The van der Waals surface area contributed by atoms with Crippen LogP contribution in [0.2, 0.25) is 0 Å². The smallest absolute Gasteiger partial charge is 0.547 e. The van der Waals surface area contributed by atoms with Crippen molar-refractivity contribution in [3.8, 4) is 0 Å². The van der Waals surface area contributed by atoms with Gasteiger partial charge in [0, 0.05) is 6.61 Å². The molecule has 0 aliphatic carbocycles. The van der Waals surface area contributed by atoms with Crippen LogP contribution < -0.4 is 56.5 Å². The molecule has 12 nitrogen and oxygen atoms in total. The third-order valence-corrected chi connectivity index (χ3v) is 6.07.